The van der Waals surface area contributed by atoms with Gasteiger partial charge in [0, 0.05) is 12.0 Å². The lowest BCUT2D eigenvalue weighted by Crippen LogP contribution is -2.60. The minimum atomic E-state index is -0.862. The number of benzene rings is 3. The van der Waals surface area contributed by atoms with Crippen molar-refractivity contribution in [2.45, 2.75) is 43.9 Å². The molecular weight excluding hydrogens is 422 g/mol. The fourth-order valence-corrected chi connectivity index (χ4v) is 4.10. The van der Waals surface area contributed by atoms with Gasteiger partial charge in [0.15, 0.2) is 6.29 Å². The second-order valence-electron chi connectivity index (χ2n) is 7.88. The lowest BCUT2D eigenvalue weighted by molar-refractivity contribution is -0.277. The van der Waals surface area contributed by atoms with Crippen molar-refractivity contribution in [3.63, 3.8) is 0 Å². The highest BCUT2D eigenvalue weighted by Crippen LogP contribution is 2.30. The summed E-state index contributed by atoms with van der Waals surface area (Å²) in [7, 11) is 1.46. The number of rotatable bonds is 9. The number of aliphatic hydroxyl groups excluding tert-OH is 1. The monoisotopic (exact) mass is 449 g/mol. The zero-order chi connectivity index (χ0) is 23.0. The van der Waals surface area contributed by atoms with Crippen LogP contribution in [0.3, 0.4) is 0 Å². The Bertz CT molecular complexity index is 1090. The van der Waals surface area contributed by atoms with Crippen LogP contribution < -0.4 is 0 Å². The topological polar surface area (TPSA) is 106 Å². The van der Waals surface area contributed by atoms with Crippen molar-refractivity contribution in [3.8, 4) is 0 Å². The first kappa shape index (κ1) is 23.2. The van der Waals surface area contributed by atoms with E-state index in [4.69, 9.17) is 24.5 Å². The highest BCUT2D eigenvalue weighted by atomic mass is 16.7. The standard InChI is InChI=1S/C25H27N3O5/c1-30-25-22(27-28-26)24(32-15-17-7-3-2-4-8-17)23(21(14-29)33-25)31-16-18-11-12-19-9-5-6-10-20(19)13-18/h2-13,21-25,29H,14-16H2,1H3/t21-,22-,23-,24-,25+/m1/s1. The van der Waals surface area contributed by atoms with Crippen molar-refractivity contribution in [1.82, 2.24) is 0 Å². The molecule has 8 heteroatoms. The Morgan fingerprint density at radius 1 is 0.909 bits per heavy atom. The van der Waals surface area contributed by atoms with E-state index in [1.165, 1.54) is 7.11 Å². The first-order valence-electron chi connectivity index (χ1n) is 10.8. The Hall–Kier alpha value is -2.97. The fraction of sp³-hybridized carbons (Fsp3) is 0.360. The molecule has 1 aliphatic heterocycles. The lowest BCUT2D eigenvalue weighted by Gasteiger charge is -2.43. The molecule has 0 saturated carbocycles. The fourth-order valence-electron chi connectivity index (χ4n) is 4.10. The second kappa shape index (κ2) is 11.2. The highest BCUT2D eigenvalue weighted by molar-refractivity contribution is 5.82. The van der Waals surface area contributed by atoms with Gasteiger partial charge in [0.05, 0.1) is 19.8 Å². The van der Waals surface area contributed by atoms with E-state index in [1.54, 1.807) is 0 Å². The molecular formula is C25H27N3O5. The van der Waals surface area contributed by atoms with E-state index >= 15 is 0 Å². The molecule has 0 bridgehead atoms. The maximum atomic E-state index is 10.0. The quantitative estimate of drug-likeness (QED) is 0.297. The number of ether oxygens (including phenoxy) is 4. The number of aliphatic hydroxyl groups is 1. The molecule has 8 nitrogen and oxygen atoms in total. The summed E-state index contributed by atoms with van der Waals surface area (Å²) < 4.78 is 23.7. The number of hydrogen-bond donors (Lipinski definition) is 1. The summed E-state index contributed by atoms with van der Waals surface area (Å²) >= 11 is 0. The van der Waals surface area contributed by atoms with Gasteiger partial charge >= 0.3 is 0 Å². The molecule has 0 aliphatic carbocycles. The summed E-state index contributed by atoms with van der Waals surface area (Å²) in [5, 5.41) is 16.2. The number of fused-ring (bicyclic) bond motifs is 1. The molecule has 4 rings (SSSR count). The Labute approximate surface area is 192 Å². The van der Waals surface area contributed by atoms with Crippen LogP contribution >= 0.6 is 0 Å². The van der Waals surface area contributed by atoms with Crippen molar-refractivity contribution < 1.29 is 24.1 Å². The molecule has 1 heterocycles. The van der Waals surface area contributed by atoms with E-state index in [0.717, 1.165) is 21.9 Å². The van der Waals surface area contributed by atoms with Gasteiger partial charge in [-0.05, 0) is 33.5 Å². The van der Waals surface area contributed by atoms with Crippen molar-refractivity contribution in [2.24, 2.45) is 5.11 Å². The zero-order valence-corrected chi connectivity index (χ0v) is 18.4. The maximum Gasteiger partial charge on any atom is 0.168 e. The van der Waals surface area contributed by atoms with E-state index < -0.39 is 30.6 Å². The van der Waals surface area contributed by atoms with Crippen molar-refractivity contribution in [1.29, 1.82) is 0 Å². The third kappa shape index (κ3) is 5.51. The molecule has 1 N–H and O–H groups in total. The van der Waals surface area contributed by atoms with Gasteiger partial charge in [-0.2, -0.15) is 0 Å². The molecule has 5 atom stereocenters. The molecule has 0 radical (unpaired) electrons. The minimum Gasteiger partial charge on any atom is -0.394 e. The summed E-state index contributed by atoms with van der Waals surface area (Å²) in [5.41, 5.74) is 11.1. The van der Waals surface area contributed by atoms with Gasteiger partial charge in [-0.1, -0.05) is 71.8 Å². The molecule has 0 spiro atoms. The summed E-state index contributed by atoms with van der Waals surface area (Å²) in [6.07, 6.45) is -2.93. The second-order valence-corrected chi connectivity index (χ2v) is 7.88. The molecule has 1 fully saturated rings. The van der Waals surface area contributed by atoms with Crippen LogP contribution in [-0.4, -0.2) is 49.5 Å². The summed E-state index contributed by atoms with van der Waals surface area (Å²) in [6.45, 7) is 0.269. The van der Waals surface area contributed by atoms with Crippen molar-refractivity contribution in [3.05, 3.63) is 94.4 Å². The number of hydrogen-bond acceptors (Lipinski definition) is 6. The zero-order valence-electron chi connectivity index (χ0n) is 18.4. The predicted octanol–water partition coefficient (Wildman–Crippen LogP) is 4.35. The normalized spacial score (nSPS) is 25.0. The van der Waals surface area contributed by atoms with Crippen LogP contribution in [0.15, 0.2) is 77.9 Å². The molecule has 3 aromatic rings. The van der Waals surface area contributed by atoms with E-state index in [1.807, 2.05) is 60.7 Å². The highest BCUT2D eigenvalue weighted by Gasteiger charge is 2.47. The summed E-state index contributed by atoms with van der Waals surface area (Å²) in [4.78, 5) is 2.97. The molecule has 33 heavy (non-hydrogen) atoms. The number of methoxy groups -OCH3 is 1. The van der Waals surface area contributed by atoms with Crippen LogP contribution in [-0.2, 0) is 32.2 Å². The van der Waals surface area contributed by atoms with E-state index in [9.17, 15) is 5.11 Å². The molecule has 172 valence electrons. The van der Waals surface area contributed by atoms with Gasteiger partial charge in [-0.25, -0.2) is 0 Å². The predicted molar refractivity (Wildman–Crippen MR) is 123 cm³/mol. The minimum absolute atomic E-state index is 0.279. The maximum absolute atomic E-state index is 10.0. The van der Waals surface area contributed by atoms with Crippen LogP contribution in [0.5, 0.6) is 0 Å². The van der Waals surface area contributed by atoms with Gasteiger partial charge in [-0.15, -0.1) is 0 Å². The molecule has 0 amide bonds. The van der Waals surface area contributed by atoms with Crippen LogP contribution in [0.1, 0.15) is 11.1 Å². The van der Waals surface area contributed by atoms with Crippen LogP contribution in [0.4, 0.5) is 0 Å². The van der Waals surface area contributed by atoms with Crippen LogP contribution in [0, 0.1) is 0 Å². The molecule has 0 aromatic heterocycles. The van der Waals surface area contributed by atoms with Gasteiger partial charge in [0.25, 0.3) is 0 Å². The Kier molecular flexibility index (Phi) is 7.91. The Morgan fingerprint density at radius 3 is 2.33 bits per heavy atom. The van der Waals surface area contributed by atoms with Gasteiger partial charge < -0.3 is 24.1 Å². The number of nitrogens with zero attached hydrogens (tertiary/aromatic N) is 3. The number of azide groups is 1. The van der Waals surface area contributed by atoms with Crippen LogP contribution in [0.25, 0.3) is 21.2 Å². The largest absolute Gasteiger partial charge is 0.394 e. The molecule has 0 unspecified atom stereocenters. The van der Waals surface area contributed by atoms with Crippen LogP contribution in [0.2, 0.25) is 0 Å². The molecule has 1 saturated heterocycles. The smallest absolute Gasteiger partial charge is 0.168 e. The Balaban J connectivity index is 1.57. The van der Waals surface area contributed by atoms with E-state index in [0.29, 0.717) is 0 Å². The lowest BCUT2D eigenvalue weighted by atomic mass is 9.96. The van der Waals surface area contributed by atoms with Gasteiger partial charge in [-0.3, -0.25) is 0 Å². The molecule has 3 aromatic carbocycles. The van der Waals surface area contributed by atoms with Crippen molar-refractivity contribution >= 4 is 10.8 Å². The van der Waals surface area contributed by atoms with Gasteiger partial charge in [0.2, 0.25) is 0 Å². The average molecular weight is 450 g/mol. The first-order chi connectivity index (χ1) is 16.2. The van der Waals surface area contributed by atoms with E-state index in [2.05, 4.69) is 22.2 Å². The Morgan fingerprint density at radius 2 is 1.61 bits per heavy atom. The third-order valence-corrected chi connectivity index (χ3v) is 5.75. The van der Waals surface area contributed by atoms with Gasteiger partial charge in [0.1, 0.15) is 24.4 Å². The summed E-state index contributed by atoms with van der Waals surface area (Å²) in [5.74, 6) is 0. The third-order valence-electron chi connectivity index (χ3n) is 5.75. The average Bonchev–Trinajstić information content (AvgIpc) is 2.87. The SMILES string of the molecule is CO[C@H]1O[C@H](CO)[C@@H](OCc2ccc3ccccc3c2)[C@H](OCc2ccccc2)[C@H]1N=[N+]=[N-]. The first-order valence-corrected chi connectivity index (χ1v) is 10.8. The van der Waals surface area contributed by atoms with Crippen molar-refractivity contribution in [2.75, 3.05) is 13.7 Å². The van der Waals surface area contributed by atoms with E-state index in [-0.39, 0.29) is 19.8 Å². The molecule has 1 aliphatic rings. The summed E-state index contributed by atoms with van der Waals surface area (Å²) in [6, 6.07) is 23.1.